The number of hydrogen-bond acceptors (Lipinski definition) is 2. The monoisotopic (exact) mass is 249 g/mol. The van der Waals surface area contributed by atoms with Crippen molar-refractivity contribution in [1.82, 2.24) is 4.98 Å². The van der Waals surface area contributed by atoms with Gasteiger partial charge in [-0.25, -0.2) is 0 Å². The summed E-state index contributed by atoms with van der Waals surface area (Å²) in [5.41, 5.74) is 2.58. The van der Waals surface area contributed by atoms with Gasteiger partial charge >= 0.3 is 5.97 Å². The topological polar surface area (TPSA) is 50.2 Å². The molecule has 0 saturated heterocycles. The Bertz CT molecular complexity index is 581. The van der Waals surface area contributed by atoms with E-state index in [1.165, 1.54) is 0 Å². The molecule has 1 heterocycles. The predicted octanol–water partition coefficient (Wildman–Crippen LogP) is 3.21. The average Bonchev–Trinajstić information content (AvgIpc) is 2.27. The lowest BCUT2D eigenvalue weighted by atomic mass is 10.0. The van der Waals surface area contributed by atoms with Crippen molar-refractivity contribution in [3.05, 3.63) is 40.5 Å². The maximum Gasteiger partial charge on any atom is 0.303 e. The first-order valence-electron chi connectivity index (χ1n) is 5.34. The summed E-state index contributed by atoms with van der Waals surface area (Å²) in [6.45, 7) is 1.88. The number of pyridine rings is 1. The number of aromatic nitrogens is 1. The van der Waals surface area contributed by atoms with Crippen LogP contribution >= 0.6 is 11.6 Å². The lowest BCUT2D eigenvalue weighted by Crippen LogP contribution is -1.99. The van der Waals surface area contributed by atoms with Gasteiger partial charge < -0.3 is 5.11 Å². The molecule has 17 heavy (non-hydrogen) atoms. The van der Waals surface area contributed by atoms with Crippen LogP contribution in [0.3, 0.4) is 0 Å². The van der Waals surface area contributed by atoms with Crippen molar-refractivity contribution in [1.29, 1.82) is 0 Å². The molecule has 0 saturated carbocycles. The van der Waals surface area contributed by atoms with Crippen LogP contribution in [-0.2, 0) is 11.2 Å². The average molecular weight is 250 g/mol. The molecule has 0 radical (unpaired) electrons. The zero-order valence-corrected chi connectivity index (χ0v) is 10.2. The minimum atomic E-state index is -0.797. The van der Waals surface area contributed by atoms with Crippen molar-refractivity contribution in [2.24, 2.45) is 0 Å². The van der Waals surface area contributed by atoms with Gasteiger partial charge in [-0.05, 0) is 31.0 Å². The van der Waals surface area contributed by atoms with E-state index in [0.29, 0.717) is 11.4 Å². The van der Waals surface area contributed by atoms with Gasteiger partial charge in [0.2, 0.25) is 0 Å². The summed E-state index contributed by atoms with van der Waals surface area (Å²) in [5, 5.41) is 10.3. The van der Waals surface area contributed by atoms with E-state index in [1.54, 1.807) is 6.07 Å². The van der Waals surface area contributed by atoms with Crippen molar-refractivity contribution < 1.29 is 9.90 Å². The van der Waals surface area contributed by atoms with Crippen LogP contribution in [0.4, 0.5) is 0 Å². The van der Waals surface area contributed by atoms with E-state index in [4.69, 9.17) is 16.7 Å². The molecule has 4 heteroatoms. The largest absolute Gasteiger partial charge is 0.481 e. The first-order valence-corrected chi connectivity index (χ1v) is 5.72. The van der Waals surface area contributed by atoms with Crippen LogP contribution in [0, 0.1) is 6.92 Å². The maximum atomic E-state index is 10.6. The van der Waals surface area contributed by atoms with Gasteiger partial charge in [-0.15, -0.1) is 0 Å². The van der Waals surface area contributed by atoms with Gasteiger partial charge in [-0.2, -0.15) is 0 Å². The molecule has 1 aromatic carbocycles. The minimum Gasteiger partial charge on any atom is -0.481 e. The highest BCUT2D eigenvalue weighted by Crippen LogP contribution is 2.25. The Morgan fingerprint density at radius 1 is 1.47 bits per heavy atom. The fourth-order valence-electron chi connectivity index (χ4n) is 1.88. The third-order valence-electron chi connectivity index (χ3n) is 2.61. The highest BCUT2D eigenvalue weighted by atomic mass is 35.5. The van der Waals surface area contributed by atoms with E-state index in [-0.39, 0.29) is 6.42 Å². The molecule has 1 aromatic heterocycles. The number of hydrogen-bond donors (Lipinski definition) is 1. The van der Waals surface area contributed by atoms with Crippen molar-refractivity contribution in [3.63, 3.8) is 0 Å². The highest BCUT2D eigenvalue weighted by molar-refractivity contribution is 6.35. The van der Waals surface area contributed by atoms with E-state index in [9.17, 15) is 4.79 Å². The molecule has 1 N–H and O–H groups in total. The molecule has 2 aromatic rings. The molecule has 0 fully saturated rings. The van der Waals surface area contributed by atoms with Crippen LogP contribution in [0.25, 0.3) is 10.9 Å². The lowest BCUT2D eigenvalue weighted by Gasteiger charge is -2.07. The zero-order valence-electron chi connectivity index (χ0n) is 9.40. The minimum absolute atomic E-state index is 0.116. The maximum absolute atomic E-state index is 10.6. The second-order valence-corrected chi connectivity index (χ2v) is 4.36. The summed E-state index contributed by atoms with van der Waals surface area (Å²) in [5.74, 6) is -0.797. The van der Waals surface area contributed by atoms with Gasteiger partial charge in [0.1, 0.15) is 0 Å². The van der Waals surface area contributed by atoms with E-state index >= 15 is 0 Å². The number of aryl methyl sites for hydroxylation is 2. The smallest absolute Gasteiger partial charge is 0.303 e. The first-order chi connectivity index (χ1) is 8.08. The Balaban J connectivity index is 2.54. The molecule has 3 nitrogen and oxygen atoms in total. The Kier molecular flexibility index (Phi) is 3.29. The highest BCUT2D eigenvalue weighted by Gasteiger charge is 2.08. The first kappa shape index (κ1) is 11.9. The number of nitrogens with zero attached hydrogens (tertiary/aromatic N) is 1. The summed E-state index contributed by atoms with van der Waals surface area (Å²) in [6.07, 6.45) is 0.612. The Hall–Kier alpha value is -1.61. The predicted molar refractivity (Wildman–Crippen MR) is 67.4 cm³/mol. The van der Waals surface area contributed by atoms with Gasteiger partial charge in [0, 0.05) is 17.5 Å². The normalized spacial score (nSPS) is 10.7. The van der Waals surface area contributed by atoms with Crippen LogP contribution in [0.2, 0.25) is 5.02 Å². The summed E-state index contributed by atoms with van der Waals surface area (Å²) in [4.78, 5) is 15.0. The zero-order chi connectivity index (χ0) is 12.4. The van der Waals surface area contributed by atoms with Gasteiger partial charge in [0.15, 0.2) is 0 Å². The lowest BCUT2D eigenvalue weighted by molar-refractivity contribution is -0.136. The number of carboxylic acids is 1. The standard InChI is InChI=1S/C13H12ClNO2/c1-8-7-9(5-6-12(16)17)10-3-2-4-11(14)13(10)15-8/h2-4,7H,5-6H2,1H3,(H,16,17). The molecule has 0 bridgehead atoms. The van der Waals surface area contributed by atoms with Crippen LogP contribution in [0.15, 0.2) is 24.3 Å². The molecule has 0 aliphatic heterocycles. The fraction of sp³-hybridized carbons (Fsp3) is 0.231. The third-order valence-corrected chi connectivity index (χ3v) is 2.92. The summed E-state index contributed by atoms with van der Waals surface area (Å²) in [6, 6.07) is 7.48. The molecule has 0 atom stereocenters. The number of carboxylic acid groups (broad SMARTS) is 1. The Morgan fingerprint density at radius 2 is 2.24 bits per heavy atom. The molecule has 0 spiro atoms. The van der Waals surface area contributed by atoms with E-state index < -0.39 is 5.97 Å². The van der Waals surface area contributed by atoms with E-state index in [2.05, 4.69) is 4.98 Å². The van der Waals surface area contributed by atoms with Gasteiger partial charge in [0.05, 0.1) is 10.5 Å². The quantitative estimate of drug-likeness (QED) is 0.909. The number of benzene rings is 1. The molecule has 0 aliphatic carbocycles. The third kappa shape index (κ3) is 2.56. The molecule has 2 rings (SSSR count). The van der Waals surface area contributed by atoms with Gasteiger partial charge in [-0.3, -0.25) is 9.78 Å². The van der Waals surface area contributed by atoms with Gasteiger partial charge in [0.25, 0.3) is 0 Å². The van der Waals surface area contributed by atoms with E-state index in [0.717, 1.165) is 22.2 Å². The van der Waals surface area contributed by atoms with Crippen molar-refractivity contribution in [2.75, 3.05) is 0 Å². The molecule has 0 unspecified atom stereocenters. The second kappa shape index (κ2) is 4.72. The summed E-state index contributed by atoms with van der Waals surface area (Å²) >= 11 is 6.08. The number of halogens is 1. The molecule has 0 aliphatic rings. The van der Waals surface area contributed by atoms with Crippen molar-refractivity contribution >= 4 is 28.5 Å². The van der Waals surface area contributed by atoms with Crippen LogP contribution < -0.4 is 0 Å². The number of carbonyl (C=O) groups is 1. The number of fused-ring (bicyclic) bond motifs is 1. The summed E-state index contributed by atoms with van der Waals surface area (Å²) in [7, 11) is 0. The molecule has 88 valence electrons. The van der Waals surface area contributed by atoms with E-state index in [1.807, 2.05) is 25.1 Å². The second-order valence-electron chi connectivity index (χ2n) is 3.95. The van der Waals surface area contributed by atoms with Crippen LogP contribution in [-0.4, -0.2) is 16.1 Å². The van der Waals surface area contributed by atoms with Crippen LogP contribution in [0.1, 0.15) is 17.7 Å². The van der Waals surface area contributed by atoms with Crippen LogP contribution in [0.5, 0.6) is 0 Å². The molecular weight excluding hydrogens is 238 g/mol. The SMILES string of the molecule is Cc1cc(CCC(=O)O)c2cccc(Cl)c2n1. The van der Waals surface area contributed by atoms with Crippen molar-refractivity contribution in [2.45, 2.75) is 19.8 Å². The molecular formula is C13H12ClNO2. The number of rotatable bonds is 3. The number of aliphatic carboxylic acids is 1. The van der Waals surface area contributed by atoms with Crippen molar-refractivity contribution in [3.8, 4) is 0 Å². The Labute approximate surface area is 104 Å². The summed E-state index contributed by atoms with van der Waals surface area (Å²) < 4.78 is 0. The molecule has 0 amide bonds. The number of para-hydroxylation sites is 1. The van der Waals surface area contributed by atoms with Gasteiger partial charge in [-0.1, -0.05) is 23.7 Å². The Morgan fingerprint density at radius 3 is 2.94 bits per heavy atom. The fourth-order valence-corrected chi connectivity index (χ4v) is 2.09.